The van der Waals surface area contributed by atoms with E-state index >= 15 is 0 Å². The number of ether oxygens (including phenoxy) is 1. The van der Waals surface area contributed by atoms with Gasteiger partial charge in [0.15, 0.2) is 0 Å². The number of carbonyl (C=O) groups excluding carboxylic acids is 1. The SMILES string of the molecule is COc1cccc(CC(=O)NC(C)C(C)CN)c1. The van der Waals surface area contributed by atoms with Gasteiger partial charge in [0.05, 0.1) is 13.5 Å². The predicted octanol–water partition coefficient (Wildman–Crippen LogP) is 1.34. The molecule has 1 aromatic carbocycles. The number of benzene rings is 1. The molecule has 0 aliphatic rings. The van der Waals surface area contributed by atoms with Crippen molar-refractivity contribution in [1.29, 1.82) is 0 Å². The smallest absolute Gasteiger partial charge is 0.224 e. The molecule has 0 saturated carbocycles. The molecule has 1 amide bonds. The molecule has 2 unspecified atom stereocenters. The van der Waals surface area contributed by atoms with Crippen LogP contribution in [0.2, 0.25) is 0 Å². The summed E-state index contributed by atoms with van der Waals surface area (Å²) >= 11 is 0. The van der Waals surface area contributed by atoms with E-state index in [0.717, 1.165) is 11.3 Å². The Labute approximate surface area is 109 Å². The average Bonchev–Trinajstić information content (AvgIpc) is 2.37. The van der Waals surface area contributed by atoms with Gasteiger partial charge in [-0.3, -0.25) is 4.79 Å². The summed E-state index contributed by atoms with van der Waals surface area (Å²) in [6, 6.07) is 7.62. The Kier molecular flexibility index (Phi) is 5.65. The maximum Gasteiger partial charge on any atom is 0.224 e. The van der Waals surface area contributed by atoms with E-state index in [1.54, 1.807) is 7.11 Å². The monoisotopic (exact) mass is 250 g/mol. The van der Waals surface area contributed by atoms with Gasteiger partial charge in [0, 0.05) is 6.04 Å². The maximum atomic E-state index is 11.9. The molecular formula is C14H22N2O2. The van der Waals surface area contributed by atoms with Crippen LogP contribution in [0.4, 0.5) is 0 Å². The quantitative estimate of drug-likeness (QED) is 0.800. The summed E-state index contributed by atoms with van der Waals surface area (Å²) in [7, 11) is 1.62. The molecule has 1 aromatic rings. The van der Waals surface area contributed by atoms with Crippen LogP contribution in [0, 0.1) is 5.92 Å². The molecule has 2 atom stereocenters. The molecule has 0 aliphatic carbocycles. The van der Waals surface area contributed by atoms with Gasteiger partial charge < -0.3 is 15.8 Å². The summed E-state index contributed by atoms with van der Waals surface area (Å²) < 4.78 is 5.12. The van der Waals surface area contributed by atoms with Crippen LogP contribution in [0.3, 0.4) is 0 Å². The summed E-state index contributed by atoms with van der Waals surface area (Å²) in [5.74, 6) is 1.05. The molecule has 18 heavy (non-hydrogen) atoms. The third kappa shape index (κ3) is 4.37. The van der Waals surface area contributed by atoms with Gasteiger partial charge in [-0.1, -0.05) is 19.1 Å². The second-order valence-electron chi connectivity index (χ2n) is 4.60. The van der Waals surface area contributed by atoms with Gasteiger partial charge >= 0.3 is 0 Å². The number of amides is 1. The van der Waals surface area contributed by atoms with Crippen LogP contribution in [-0.4, -0.2) is 25.6 Å². The molecule has 4 nitrogen and oxygen atoms in total. The van der Waals surface area contributed by atoms with Crippen molar-refractivity contribution in [1.82, 2.24) is 5.32 Å². The highest BCUT2D eigenvalue weighted by Gasteiger charge is 2.13. The van der Waals surface area contributed by atoms with Crippen LogP contribution < -0.4 is 15.8 Å². The van der Waals surface area contributed by atoms with E-state index in [4.69, 9.17) is 10.5 Å². The summed E-state index contributed by atoms with van der Waals surface area (Å²) in [5.41, 5.74) is 6.52. The number of nitrogens with two attached hydrogens (primary N) is 1. The average molecular weight is 250 g/mol. The van der Waals surface area contributed by atoms with Crippen LogP contribution in [0.15, 0.2) is 24.3 Å². The van der Waals surface area contributed by atoms with Crippen LogP contribution in [0.25, 0.3) is 0 Å². The van der Waals surface area contributed by atoms with Crippen molar-refractivity contribution in [2.24, 2.45) is 11.7 Å². The van der Waals surface area contributed by atoms with E-state index < -0.39 is 0 Å². The Morgan fingerprint density at radius 1 is 1.44 bits per heavy atom. The molecule has 0 heterocycles. The Morgan fingerprint density at radius 3 is 2.78 bits per heavy atom. The van der Waals surface area contributed by atoms with Gasteiger partial charge in [-0.05, 0) is 37.1 Å². The second-order valence-corrected chi connectivity index (χ2v) is 4.60. The van der Waals surface area contributed by atoms with E-state index in [9.17, 15) is 4.79 Å². The maximum absolute atomic E-state index is 11.9. The highest BCUT2D eigenvalue weighted by molar-refractivity contribution is 5.78. The summed E-state index contributed by atoms with van der Waals surface area (Å²) in [5, 5.41) is 2.96. The van der Waals surface area contributed by atoms with Gasteiger partial charge in [-0.2, -0.15) is 0 Å². The zero-order chi connectivity index (χ0) is 13.5. The Bertz CT molecular complexity index is 393. The van der Waals surface area contributed by atoms with Crippen molar-refractivity contribution >= 4 is 5.91 Å². The molecule has 100 valence electrons. The summed E-state index contributed by atoms with van der Waals surface area (Å²) in [4.78, 5) is 11.9. The van der Waals surface area contributed by atoms with Crippen molar-refractivity contribution in [3.05, 3.63) is 29.8 Å². The van der Waals surface area contributed by atoms with Crippen molar-refractivity contribution in [3.63, 3.8) is 0 Å². The lowest BCUT2D eigenvalue weighted by atomic mass is 10.0. The van der Waals surface area contributed by atoms with Crippen molar-refractivity contribution < 1.29 is 9.53 Å². The highest BCUT2D eigenvalue weighted by Crippen LogP contribution is 2.13. The van der Waals surface area contributed by atoms with Gasteiger partial charge in [0.1, 0.15) is 5.75 Å². The third-order valence-corrected chi connectivity index (χ3v) is 3.11. The highest BCUT2D eigenvalue weighted by atomic mass is 16.5. The number of methoxy groups -OCH3 is 1. The number of carbonyl (C=O) groups is 1. The van der Waals surface area contributed by atoms with Crippen LogP contribution in [0.1, 0.15) is 19.4 Å². The van der Waals surface area contributed by atoms with Gasteiger partial charge in [0.25, 0.3) is 0 Å². The zero-order valence-electron chi connectivity index (χ0n) is 11.3. The predicted molar refractivity (Wildman–Crippen MR) is 72.5 cm³/mol. The minimum atomic E-state index is 0.0102. The summed E-state index contributed by atoms with van der Waals surface area (Å²) in [6.45, 7) is 4.57. The molecular weight excluding hydrogens is 228 g/mol. The first-order valence-corrected chi connectivity index (χ1v) is 6.19. The van der Waals surface area contributed by atoms with Gasteiger partial charge in [-0.15, -0.1) is 0 Å². The summed E-state index contributed by atoms with van der Waals surface area (Å²) in [6.07, 6.45) is 0.360. The van der Waals surface area contributed by atoms with E-state index in [0.29, 0.717) is 13.0 Å². The topological polar surface area (TPSA) is 64.3 Å². The normalized spacial score (nSPS) is 13.8. The number of hydrogen-bond acceptors (Lipinski definition) is 3. The Morgan fingerprint density at radius 2 is 2.17 bits per heavy atom. The van der Waals surface area contributed by atoms with Crippen molar-refractivity contribution in [3.8, 4) is 5.75 Å². The number of rotatable bonds is 6. The number of nitrogens with one attached hydrogen (secondary N) is 1. The Hall–Kier alpha value is -1.55. The minimum absolute atomic E-state index is 0.0102. The first-order chi connectivity index (χ1) is 8.56. The first kappa shape index (κ1) is 14.5. The lowest BCUT2D eigenvalue weighted by molar-refractivity contribution is -0.121. The van der Waals surface area contributed by atoms with Crippen LogP contribution in [-0.2, 0) is 11.2 Å². The van der Waals surface area contributed by atoms with E-state index in [2.05, 4.69) is 5.32 Å². The first-order valence-electron chi connectivity index (χ1n) is 6.19. The second kappa shape index (κ2) is 7.01. The van der Waals surface area contributed by atoms with Crippen molar-refractivity contribution in [2.45, 2.75) is 26.3 Å². The largest absolute Gasteiger partial charge is 0.497 e. The number of hydrogen-bond donors (Lipinski definition) is 2. The third-order valence-electron chi connectivity index (χ3n) is 3.11. The fraction of sp³-hybridized carbons (Fsp3) is 0.500. The molecule has 0 aliphatic heterocycles. The molecule has 1 rings (SSSR count). The van der Waals surface area contributed by atoms with Crippen LogP contribution >= 0.6 is 0 Å². The molecule has 0 saturated heterocycles. The van der Waals surface area contributed by atoms with Crippen LogP contribution in [0.5, 0.6) is 5.75 Å². The zero-order valence-corrected chi connectivity index (χ0v) is 11.3. The van der Waals surface area contributed by atoms with E-state index in [1.807, 2.05) is 38.1 Å². The van der Waals surface area contributed by atoms with Gasteiger partial charge in [-0.25, -0.2) is 0 Å². The molecule has 3 N–H and O–H groups in total. The van der Waals surface area contributed by atoms with E-state index in [-0.39, 0.29) is 17.9 Å². The molecule has 4 heteroatoms. The lowest BCUT2D eigenvalue weighted by Gasteiger charge is -2.19. The standard InChI is InChI=1S/C14H22N2O2/c1-10(9-15)11(2)16-14(17)8-12-5-4-6-13(7-12)18-3/h4-7,10-11H,8-9,15H2,1-3H3,(H,16,17). The molecule has 0 spiro atoms. The molecule has 0 aromatic heterocycles. The molecule has 0 fully saturated rings. The van der Waals surface area contributed by atoms with Gasteiger partial charge in [0.2, 0.25) is 5.91 Å². The fourth-order valence-corrected chi connectivity index (χ4v) is 1.62. The van der Waals surface area contributed by atoms with E-state index in [1.165, 1.54) is 0 Å². The fourth-order valence-electron chi connectivity index (χ4n) is 1.62. The molecule has 0 radical (unpaired) electrons. The van der Waals surface area contributed by atoms with Crippen molar-refractivity contribution in [2.75, 3.05) is 13.7 Å². The molecule has 0 bridgehead atoms. The Balaban J connectivity index is 2.53. The minimum Gasteiger partial charge on any atom is -0.497 e. The lowest BCUT2D eigenvalue weighted by Crippen LogP contribution is -2.40.